The van der Waals surface area contributed by atoms with Gasteiger partial charge in [-0.3, -0.25) is 9.59 Å². The predicted molar refractivity (Wildman–Crippen MR) is 112 cm³/mol. The maximum absolute atomic E-state index is 13.8. The number of nitrogens with one attached hydrogen (secondary N) is 1. The van der Waals surface area contributed by atoms with E-state index >= 15 is 0 Å². The van der Waals surface area contributed by atoms with Crippen molar-refractivity contribution in [2.24, 2.45) is 0 Å². The molecule has 2 aromatic carbocycles. The van der Waals surface area contributed by atoms with Crippen molar-refractivity contribution in [1.82, 2.24) is 4.90 Å². The van der Waals surface area contributed by atoms with E-state index in [0.29, 0.717) is 31.3 Å². The lowest BCUT2D eigenvalue weighted by Crippen LogP contribution is -2.34. The molecule has 0 unspecified atom stereocenters. The average Bonchev–Trinajstić information content (AvgIpc) is 3.41. The van der Waals surface area contributed by atoms with E-state index < -0.39 is 17.5 Å². The Hall–Kier alpha value is -3.20. The van der Waals surface area contributed by atoms with Gasteiger partial charge in [-0.05, 0) is 29.8 Å². The lowest BCUT2D eigenvalue weighted by molar-refractivity contribution is -0.131. The number of nitrogens with zero attached hydrogens (tertiary/aromatic N) is 1. The molecule has 2 atom stereocenters. The Balaban J connectivity index is 1.41. The van der Waals surface area contributed by atoms with Crippen LogP contribution in [-0.2, 0) is 14.3 Å². The predicted octanol–water partition coefficient (Wildman–Crippen LogP) is 3.10. The van der Waals surface area contributed by atoms with Crippen LogP contribution in [0.1, 0.15) is 24.3 Å². The molecule has 0 aliphatic carbocycles. The molecule has 0 aromatic heterocycles. The summed E-state index contributed by atoms with van der Waals surface area (Å²) in [7, 11) is 1.56. The first-order chi connectivity index (χ1) is 15.4. The molecule has 0 spiro atoms. The van der Waals surface area contributed by atoms with E-state index in [1.165, 1.54) is 17.0 Å². The minimum absolute atomic E-state index is 0.0484. The number of ether oxygens (including phenoxy) is 3. The van der Waals surface area contributed by atoms with Crippen molar-refractivity contribution in [3.05, 3.63) is 53.6 Å². The first-order valence-corrected chi connectivity index (χ1v) is 10.4. The fraction of sp³-hybridized carbons (Fsp3) is 0.391. The second kappa shape index (κ2) is 9.52. The highest BCUT2D eigenvalue weighted by molar-refractivity contribution is 5.95. The standard InChI is InChI=1S/C23H24F2N2O5/c1-30-19-6-5-14(9-20(19)32-16-7-8-31-13-16)15-10-22(29)27(11-15)12-21(28)26-18-4-2-3-17(24)23(18)25/h2-6,9,15-16H,7-8,10-13H2,1H3,(H,26,28)/t15-,16-/m1/s1. The van der Waals surface area contributed by atoms with Crippen LogP contribution in [0.3, 0.4) is 0 Å². The summed E-state index contributed by atoms with van der Waals surface area (Å²) in [5.41, 5.74) is 0.637. The number of benzene rings is 2. The third-order valence-electron chi connectivity index (χ3n) is 5.62. The van der Waals surface area contributed by atoms with E-state index in [2.05, 4.69) is 5.32 Å². The van der Waals surface area contributed by atoms with Gasteiger partial charge in [0.05, 0.1) is 32.6 Å². The molecule has 2 fully saturated rings. The number of hydrogen-bond donors (Lipinski definition) is 1. The largest absolute Gasteiger partial charge is 0.493 e. The summed E-state index contributed by atoms with van der Waals surface area (Å²) in [4.78, 5) is 26.2. The van der Waals surface area contributed by atoms with Crippen LogP contribution in [0.4, 0.5) is 14.5 Å². The summed E-state index contributed by atoms with van der Waals surface area (Å²) in [6.07, 6.45) is 0.983. The molecule has 1 N–H and O–H groups in total. The lowest BCUT2D eigenvalue weighted by Gasteiger charge is -2.19. The van der Waals surface area contributed by atoms with Gasteiger partial charge in [-0.25, -0.2) is 8.78 Å². The Bertz CT molecular complexity index is 1010. The monoisotopic (exact) mass is 446 g/mol. The summed E-state index contributed by atoms with van der Waals surface area (Å²) in [6, 6.07) is 9.06. The van der Waals surface area contributed by atoms with Crippen molar-refractivity contribution in [3.63, 3.8) is 0 Å². The summed E-state index contributed by atoms with van der Waals surface area (Å²) in [5.74, 6) is -1.92. The molecular formula is C23H24F2N2O5. The number of likely N-dealkylation sites (tertiary alicyclic amines) is 1. The van der Waals surface area contributed by atoms with Crippen molar-refractivity contribution in [3.8, 4) is 11.5 Å². The maximum atomic E-state index is 13.8. The molecule has 2 saturated heterocycles. The Kier molecular flexibility index (Phi) is 6.55. The second-order valence-electron chi connectivity index (χ2n) is 7.84. The van der Waals surface area contributed by atoms with Crippen molar-refractivity contribution < 1.29 is 32.6 Å². The van der Waals surface area contributed by atoms with Crippen molar-refractivity contribution in [1.29, 1.82) is 0 Å². The van der Waals surface area contributed by atoms with E-state index in [-0.39, 0.29) is 36.6 Å². The van der Waals surface area contributed by atoms with E-state index in [9.17, 15) is 18.4 Å². The normalized spacial score (nSPS) is 20.5. The van der Waals surface area contributed by atoms with Crippen LogP contribution in [0.5, 0.6) is 11.5 Å². The van der Waals surface area contributed by atoms with Gasteiger partial charge in [0.15, 0.2) is 23.1 Å². The minimum Gasteiger partial charge on any atom is -0.493 e. The summed E-state index contributed by atoms with van der Waals surface area (Å²) < 4.78 is 43.9. The molecule has 7 nitrogen and oxygen atoms in total. The van der Waals surface area contributed by atoms with E-state index in [1.807, 2.05) is 12.1 Å². The van der Waals surface area contributed by atoms with Crippen molar-refractivity contribution in [2.45, 2.75) is 24.9 Å². The molecule has 9 heteroatoms. The van der Waals surface area contributed by atoms with Crippen LogP contribution >= 0.6 is 0 Å². The van der Waals surface area contributed by atoms with Gasteiger partial charge in [-0.1, -0.05) is 12.1 Å². The topological polar surface area (TPSA) is 77.1 Å². The first-order valence-electron chi connectivity index (χ1n) is 10.4. The van der Waals surface area contributed by atoms with E-state index in [4.69, 9.17) is 14.2 Å². The van der Waals surface area contributed by atoms with Crippen molar-refractivity contribution >= 4 is 17.5 Å². The maximum Gasteiger partial charge on any atom is 0.244 e. The molecule has 0 bridgehead atoms. The second-order valence-corrected chi connectivity index (χ2v) is 7.84. The van der Waals surface area contributed by atoms with Gasteiger partial charge in [-0.15, -0.1) is 0 Å². The van der Waals surface area contributed by atoms with Crippen molar-refractivity contribution in [2.75, 3.05) is 38.7 Å². The fourth-order valence-electron chi connectivity index (χ4n) is 3.94. The van der Waals surface area contributed by atoms with Crippen LogP contribution in [0.15, 0.2) is 36.4 Å². The van der Waals surface area contributed by atoms with Gasteiger partial charge in [-0.2, -0.15) is 0 Å². The van der Waals surface area contributed by atoms with E-state index in [0.717, 1.165) is 18.1 Å². The molecule has 0 radical (unpaired) electrons. The van der Waals surface area contributed by atoms with E-state index in [1.54, 1.807) is 13.2 Å². The average molecular weight is 446 g/mol. The van der Waals surface area contributed by atoms with Crippen LogP contribution in [-0.4, -0.2) is 56.2 Å². The number of hydrogen-bond acceptors (Lipinski definition) is 5. The lowest BCUT2D eigenvalue weighted by atomic mass is 9.98. The van der Waals surface area contributed by atoms with Crippen LogP contribution in [0.25, 0.3) is 0 Å². The first kappa shape index (κ1) is 22.0. The summed E-state index contributed by atoms with van der Waals surface area (Å²) in [6.45, 7) is 1.25. The van der Waals surface area contributed by atoms with Crippen LogP contribution < -0.4 is 14.8 Å². The molecule has 2 aliphatic heterocycles. The SMILES string of the molecule is COc1ccc([C@@H]2CC(=O)N(CC(=O)Nc3cccc(F)c3F)C2)cc1O[C@@H]1CCOC1. The number of anilines is 1. The van der Waals surface area contributed by atoms with Gasteiger partial charge in [0, 0.05) is 25.3 Å². The van der Waals surface area contributed by atoms with Gasteiger partial charge in [0.1, 0.15) is 6.10 Å². The Morgan fingerprint density at radius 3 is 2.84 bits per heavy atom. The molecule has 170 valence electrons. The highest BCUT2D eigenvalue weighted by Gasteiger charge is 2.32. The molecule has 32 heavy (non-hydrogen) atoms. The van der Waals surface area contributed by atoms with Gasteiger partial charge in [0.2, 0.25) is 11.8 Å². The third kappa shape index (κ3) is 4.83. The fourth-order valence-corrected chi connectivity index (χ4v) is 3.94. The molecule has 2 aliphatic rings. The van der Waals surface area contributed by atoms with Gasteiger partial charge >= 0.3 is 0 Å². The van der Waals surface area contributed by atoms with Crippen LogP contribution in [0.2, 0.25) is 0 Å². The molecule has 4 rings (SSSR count). The summed E-state index contributed by atoms with van der Waals surface area (Å²) >= 11 is 0. The number of carbonyl (C=O) groups excluding carboxylic acids is 2. The highest BCUT2D eigenvalue weighted by atomic mass is 19.2. The van der Waals surface area contributed by atoms with Gasteiger partial charge in [0.25, 0.3) is 0 Å². The number of methoxy groups -OCH3 is 1. The Labute approximate surface area is 184 Å². The molecule has 2 heterocycles. The number of halogens is 2. The molecule has 2 amide bonds. The highest BCUT2D eigenvalue weighted by Crippen LogP contribution is 2.36. The number of amides is 2. The number of carbonyl (C=O) groups is 2. The zero-order valence-corrected chi connectivity index (χ0v) is 17.6. The minimum atomic E-state index is -1.13. The third-order valence-corrected chi connectivity index (χ3v) is 5.62. The summed E-state index contributed by atoms with van der Waals surface area (Å²) in [5, 5.41) is 2.32. The Morgan fingerprint density at radius 2 is 2.09 bits per heavy atom. The molecule has 2 aromatic rings. The smallest absolute Gasteiger partial charge is 0.244 e. The molecule has 0 saturated carbocycles. The molecular weight excluding hydrogens is 422 g/mol. The zero-order chi connectivity index (χ0) is 22.7. The number of rotatable bonds is 7. The zero-order valence-electron chi connectivity index (χ0n) is 17.6. The Morgan fingerprint density at radius 1 is 1.25 bits per heavy atom. The van der Waals surface area contributed by atoms with Crippen LogP contribution in [0, 0.1) is 11.6 Å². The quantitative estimate of drug-likeness (QED) is 0.707. The van der Waals surface area contributed by atoms with Gasteiger partial charge < -0.3 is 24.4 Å².